The van der Waals surface area contributed by atoms with Crippen molar-refractivity contribution in [3.63, 3.8) is 0 Å². The Kier molecular flexibility index (Phi) is 3.24. The zero-order valence-corrected chi connectivity index (χ0v) is 9.91. The van der Waals surface area contributed by atoms with Crippen LogP contribution in [0.15, 0.2) is 30.5 Å². The van der Waals surface area contributed by atoms with Gasteiger partial charge in [0.05, 0.1) is 17.1 Å². The van der Waals surface area contributed by atoms with Gasteiger partial charge in [-0.3, -0.25) is 9.48 Å². The fourth-order valence-corrected chi connectivity index (χ4v) is 1.61. The number of carbonyl (C=O) groups is 1. The summed E-state index contributed by atoms with van der Waals surface area (Å²) < 4.78 is 14.8. The van der Waals surface area contributed by atoms with Crippen LogP contribution in [0.5, 0.6) is 0 Å². The number of ketones is 1. The summed E-state index contributed by atoms with van der Waals surface area (Å²) in [4.78, 5) is 11.8. The lowest BCUT2D eigenvalue weighted by atomic mass is 10.1. The van der Waals surface area contributed by atoms with E-state index in [0.29, 0.717) is 11.3 Å². The molecule has 0 bridgehead atoms. The third-order valence-corrected chi connectivity index (χ3v) is 2.66. The third-order valence-electron chi connectivity index (χ3n) is 2.35. The molecule has 0 radical (unpaired) electrons. The SMILES string of the molecule is Cn1ccc(CC(=O)c2ccc(Cl)c(F)c2)n1. The van der Waals surface area contributed by atoms with E-state index in [-0.39, 0.29) is 17.2 Å². The van der Waals surface area contributed by atoms with Crippen LogP contribution in [0.1, 0.15) is 16.1 Å². The number of carbonyl (C=O) groups excluding carboxylic acids is 1. The molecule has 0 aliphatic rings. The van der Waals surface area contributed by atoms with E-state index in [1.54, 1.807) is 24.0 Å². The summed E-state index contributed by atoms with van der Waals surface area (Å²) in [5.74, 6) is -0.766. The van der Waals surface area contributed by atoms with Gasteiger partial charge in [0.25, 0.3) is 0 Å². The monoisotopic (exact) mass is 252 g/mol. The van der Waals surface area contributed by atoms with E-state index in [2.05, 4.69) is 5.10 Å². The molecule has 17 heavy (non-hydrogen) atoms. The highest BCUT2D eigenvalue weighted by Gasteiger charge is 2.11. The molecule has 3 nitrogen and oxygen atoms in total. The molecule has 0 atom stereocenters. The predicted octanol–water partition coefficient (Wildman–Crippen LogP) is 2.64. The minimum Gasteiger partial charge on any atom is -0.294 e. The van der Waals surface area contributed by atoms with Gasteiger partial charge in [0.15, 0.2) is 5.78 Å². The Morgan fingerprint density at radius 1 is 1.47 bits per heavy atom. The van der Waals surface area contributed by atoms with Gasteiger partial charge in [-0.05, 0) is 24.3 Å². The maximum atomic E-state index is 13.2. The Bertz CT molecular complexity index is 565. The summed E-state index contributed by atoms with van der Waals surface area (Å²) in [6.45, 7) is 0. The molecule has 1 heterocycles. The van der Waals surface area contributed by atoms with Crippen LogP contribution >= 0.6 is 11.6 Å². The highest BCUT2D eigenvalue weighted by molar-refractivity contribution is 6.30. The smallest absolute Gasteiger partial charge is 0.168 e. The fraction of sp³-hybridized carbons (Fsp3) is 0.167. The summed E-state index contributed by atoms with van der Waals surface area (Å²) in [5.41, 5.74) is 0.963. The van der Waals surface area contributed by atoms with Crippen LogP contribution in [0, 0.1) is 5.82 Å². The molecule has 2 rings (SSSR count). The van der Waals surface area contributed by atoms with Gasteiger partial charge in [0, 0.05) is 18.8 Å². The zero-order chi connectivity index (χ0) is 12.4. The van der Waals surface area contributed by atoms with E-state index in [1.165, 1.54) is 12.1 Å². The maximum Gasteiger partial charge on any atom is 0.168 e. The lowest BCUT2D eigenvalue weighted by Gasteiger charge is -2.00. The summed E-state index contributed by atoms with van der Waals surface area (Å²) in [7, 11) is 1.77. The topological polar surface area (TPSA) is 34.9 Å². The van der Waals surface area contributed by atoms with Crippen molar-refractivity contribution in [2.75, 3.05) is 0 Å². The minimum absolute atomic E-state index is 0.0133. The number of nitrogens with zero attached hydrogens (tertiary/aromatic N) is 2. The number of Topliss-reactive ketones (excluding diaryl/α,β-unsaturated/α-hetero) is 1. The van der Waals surface area contributed by atoms with Crippen molar-refractivity contribution in [3.8, 4) is 0 Å². The van der Waals surface area contributed by atoms with Gasteiger partial charge in [-0.2, -0.15) is 5.10 Å². The Labute approximate surface area is 103 Å². The highest BCUT2D eigenvalue weighted by Crippen LogP contribution is 2.16. The number of benzene rings is 1. The predicted molar refractivity (Wildman–Crippen MR) is 62.7 cm³/mol. The standard InChI is InChI=1S/C12H10ClFN2O/c1-16-5-4-9(15-16)7-12(17)8-2-3-10(13)11(14)6-8/h2-6H,7H2,1H3. The fourth-order valence-electron chi connectivity index (χ4n) is 1.49. The van der Waals surface area contributed by atoms with Gasteiger partial charge in [0.1, 0.15) is 5.82 Å². The van der Waals surface area contributed by atoms with Crippen molar-refractivity contribution in [3.05, 3.63) is 52.6 Å². The zero-order valence-electron chi connectivity index (χ0n) is 9.15. The Balaban J connectivity index is 2.17. The van der Waals surface area contributed by atoms with Crippen LogP contribution in [0.25, 0.3) is 0 Å². The molecule has 0 saturated carbocycles. The largest absolute Gasteiger partial charge is 0.294 e. The Morgan fingerprint density at radius 2 is 2.24 bits per heavy atom. The van der Waals surface area contributed by atoms with Crippen LogP contribution < -0.4 is 0 Å². The molecule has 0 N–H and O–H groups in total. The molecule has 0 aliphatic carbocycles. The van der Waals surface area contributed by atoms with Gasteiger partial charge in [0.2, 0.25) is 0 Å². The number of halogens is 2. The van der Waals surface area contributed by atoms with E-state index in [4.69, 9.17) is 11.6 Å². The second-order valence-corrected chi connectivity index (χ2v) is 4.12. The molecule has 1 aromatic carbocycles. The molecule has 0 unspecified atom stereocenters. The molecule has 0 amide bonds. The lowest BCUT2D eigenvalue weighted by Crippen LogP contribution is -2.05. The van der Waals surface area contributed by atoms with E-state index in [1.807, 2.05) is 0 Å². The van der Waals surface area contributed by atoms with Crippen molar-refractivity contribution < 1.29 is 9.18 Å². The quantitative estimate of drug-likeness (QED) is 0.787. The van der Waals surface area contributed by atoms with Crippen molar-refractivity contribution >= 4 is 17.4 Å². The number of hydrogen-bond donors (Lipinski definition) is 0. The first-order valence-corrected chi connectivity index (χ1v) is 5.41. The van der Waals surface area contributed by atoms with E-state index >= 15 is 0 Å². The van der Waals surface area contributed by atoms with E-state index in [9.17, 15) is 9.18 Å². The van der Waals surface area contributed by atoms with Crippen LogP contribution in [0.3, 0.4) is 0 Å². The van der Waals surface area contributed by atoms with Crippen molar-refractivity contribution in [1.82, 2.24) is 9.78 Å². The summed E-state index contributed by atoms with van der Waals surface area (Å²) in [5, 5.41) is 4.11. The Hall–Kier alpha value is -1.68. The second-order valence-electron chi connectivity index (χ2n) is 3.71. The van der Waals surface area contributed by atoms with E-state index < -0.39 is 5.82 Å². The number of hydrogen-bond acceptors (Lipinski definition) is 2. The van der Waals surface area contributed by atoms with Gasteiger partial charge < -0.3 is 0 Å². The van der Waals surface area contributed by atoms with Crippen LogP contribution in [0.4, 0.5) is 4.39 Å². The van der Waals surface area contributed by atoms with Crippen molar-refractivity contribution in [2.45, 2.75) is 6.42 Å². The molecule has 5 heteroatoms. The van der Waals surface area contributed by atoms with Crippen LogP contribution in [-0.2, 0) is 13.5 Å². The van der Waals surface area contributed by atoms with Crippen LogP contribution in [-0.4, -0.2) is 15.6 Å². The molecular formula is C12H10ClFN2O. The van der Waals surface area contributed by atoms with Crippen LogP contribution in [0.2, 0.25) is 5.02 Å². The summed E-state index contributed by atoms with van der Waals surface area (Å²) in [6, 6.07) is 5.79. The summed E-state index contributed by atoms with van der Waals surface area (Å²) >= 11 is 5.55. The average molecular weight is 253 g/mol. The minimum atomic E-state index is -0.585. The van der Waals surface area contributed by atoms with Crippen molar-refractivity contribution in [1.29, 1.82) is 0 Å². The van der Waals surface area contributed by atoms with Crippen molar-refractivity contribution in [2.24, 2.45) is 7.05 Å². The molecular weight excluding hydrogens is 243 g/mol. The molecule has 2 aromatic rings. The number of aryl methyl sites for hydroxylation is 1. The van der Waals surface area contributed by atoms with Gasteiger partial charge in [-0.1, -0.05) is 11.6 Å². The Morgan fingerprint density at radius 3 is 2.82 bits per heavy atom. The maximum absolute atomic E-state index is 13.2. The third kappa shape index (κ3) is 2.71. The first-order chi connectivity index (χ1) is 8.06. The first-order valence-electron chi connectivity index (χ1n) is 5.03. The first kappa shape index (κ1) is 11.8. The molecule has 0 spiro atoms. The second kappa shape index (κ2) is 4.67. The molecule has 0 saturated heterocycles. The van der Waals surface area contributed by atoms with Gasteiger partial charge >= 0.3 is 0 Å². The highest BCUT2D eigenvalue weighted by atomic mass is 35.5. The molecule has 88 valence electrons. The normalized spacial score (nSPS) is 10.5. The molecule has 0 fully saturated rings. The van der Waals surface area contributed by atoms with Gasteiger partial charge in [-0.15, -0.1) is 0 Å². The molecule has 0 aliphatic heterocycles. The number of aromatic nitrogens is 2. The average Bonchev–Trinajstić information content (AvgIpc) is 2.68. The number of rotatable bonds is 3. The molecule has 1 aromatic heterocycles. The lowest BCUT2D eigenvalue weighted by molar-refractivity contribution is 0.0991. The summed E-state index contributed by atoms with van der Waals surface area (Å²) in [6.07, 6.45) is 1.91. The van der Waals surface area contributed by atoms with Gasteiger partial charge in [-0.25, -0.2) is 4.39 Å². The van der Waals surface area contributed by atoms with E-state index in [0.717, 1.165) is 6.07 Å².